The van der Waals surface area contributed by atoms with Crippen LogP contribution in [0, 0.1) is 0 Å². The number of H-pyrrole nitrogens is 1. The summed E-state index contributed by atoms with van der Waals surface area (Å²) in [6.07, 6.45) is 0.507. The van der Waals surface area contributed by atoms with Gasteiger partial charge in [0.15, 0.2) is 0 Å². The smallest absolute Gasteiger partial charge is 0.215 e. The molecular formula is C14H21N3O2S. The third-order valence-corrected chi connectivity index (χ3v) is 3.14. The average Bonchev–Trinajstić information content (AvgIpc) is 2.99. The first-order valence-electron chi connectivity index (χ1n) is 11.9. The van der Waals surface area contributed by atoms with Gasteiger partial charge in [-0.25, -0.2) is 13.1 Å². The molecule has 2 rings (SSSR count). The van der Waals surface area contributed by atoms with E-state index in [9.17, 15) is 8.42 Å². The number of aromatic amines is 1. The van der Waals surface area contributed by atoms with E-state index in [1.807, 2.05) is 0 Å². The second kappa shape index (κ2) is 5.95. The summed E-state index contributed by atoms with van der Waals surface area (Å²) in [6.45, 7) is -8.62. The Morgan fingerprint density at radius 2 is 2.40 bits per heavy atom. The van der Waals surface area contributed by atoms with Crippen molar-refractivity contribution in [3.05, 3.63) is 35.5 Å². The Bertz CT molecular complexity index is 1170. The molecule has 2 aromatic rings. The fraction of sp³-hybridized carbons (Fsp3) is 0.429. The topological polar surface area (TPSA) is 65.2 Å². The quantitative estimate of drug-likeness (QED) is 0.846. The first-order valence-corrected chi connectivity index (χ1v) is 6.90. The van der Waals surface area contributed by atoms with Crippen LogP contribution in [-0.4, -0.2) is 45.8 Å². The molecule has 1 aromatic heterocycles. The van der Waals surface area contributed by atoms with Crippen molar-refractivity contribution in [2.75, 3.05) is 27.5 Å². The number of aromatic nitrogens is 1. The molecule has 0 atom stereocenters. The largest absolute Gasteiger partial charge is 0.361 e. The van der Waals surface area contributed by atoms with Crippen LogP contribution in [0.1, 0.15) is 28.9 Å². The van der Waals surface area contributed by atoms with E-state index < -0.39 is 66.3 Å². The van der Waals surface area contributed by atoms with Gasteiger partial charge in [-0.3, -0.25) is 0 Å². The van der Waals surface area contributed by atoms with Gasteiger partial charge in [0.1, 0.15) is 0 Å². The van der Waals surface area contributed by atoms with E-state index in [-0.39, 0.29) is 16.5 Å². The molecule has 0 fully saturated rings. The highest BCUT2D eigenvalue weighted by Crippen LogP contribution is 2.21. The molecule has 0 spiro atoms. The van der Waals surface area contributed by atoms with Crippen LogP contribution in [0.25, 0.3) is 10.9 Å². The Morgan fingerprint density at radius 3 is 3.15 bits per heavy atom. The maximum absolute atomic E-state index is 12.5. The van der Waals surface area contributed by atoms with E-state index in [4.69, 9.17) is 17.8 Å². The summed E-state index contributed by atoms with van der Waals surface area (Å²) in [5, 5.41) is -0.290. The van der Waals surface area contributed by atoms with Crippen LogP contribution < -0.4 is 4.72 Å². The van der Waals surface area contributed by atoms with Crippen LogP contribution in [0.3, 0.4) is 0 Å². The lowest BCUT2D eigenvalue weighted by Crippen LogP contribution is -2.20. The molecule has 1 heterocycles. The third-order valence-electron chi connectivity index (χ3n) is 2.40. The fourth-order valence-corrected chi connectivity index (χ4v) is 1.96. The van der Waals surface area contributed by atoms with Gasteiger partial charge in [0, 0.05) is 37.3 Å². The number of hydrogen-bond donors (Lipinski definition) is 2. The minimum atomic E-state index is -5.33. The number of sulfonamides is 1. The highest BCUT2D eigenvalue weighted by molar-refractivity contribution is 7.88. The summed E-state index contributed by atoms with van der Waals surface area (Å²) in [6, 6.07) is -2.57. The summed E-state index contributed by atoms with van der Waals surface area (Å²) in [5.41, 5.74) is -4.99. The minimum Gasteiger partial charge on any atom is -0.361 e. The predicted octanol–water partition coefficient (Wildman–Crippen LogP) is 1.32. The van der Waals surface area contributed by atoms with E-state index in [0.717, 1.165) is 13.2 Å². The molecule has 0 bridgehead atoms. The van der Waals surface area contributed by atoms with Crippen LogP contribution in [-0.2, 0) is 22.1 Å². The third kappa shape index (κ3) is 3.59. The number of nitrogens with zero attached hydrogens (tertiary/aromatic N) is 1. The fourth-order valence-electron chi connectivity index (χ4n) is 1.54. The first-order chi connectivity index (χ1) is 14.5. The zero-order chi connectivity index (χ0) is 25.9. The maximum atomic E-state index is 12.5. The molecule has 20 heavy (non-hydrogen) atoms. The normalized spacial score (nSPS) is 24.6. The van der Waals surface area contributed by atoms with Crippen LogP contribution in [0.5, 0.6) is 0 Å². The van der Waals surface area contributed by atoms with Crippen molar-refractivity contribution in [3.8, 4) is 0 Å². The molecule has 0 aliphatic carbocycles. The lowest BCUT2D eigenvalue weighted by molar-refractivity contribution is 0.414. The van der Waals surface area contributed by atoms with Crippen LogP contribution >= 0.6 is 0 Å². The van der Waals surface area contributed by atoms with Gasteiger partial charge < -0.3 is 9.88 Å². The number of nitrogens with one attached hydrogen (secondary N) is 2. The molecule has 0 saturated carbocycles. The summed E-state index contributed by atoms with van der Waals surface area (Å²) in [5.74, 6) is 0. The van der Waals surface area contributed by atoms with Gasteiger partial charge >= 0.3 is 0 Å². The molecule has 0 aliphatic rings. The molecule has 110 valence electrons. The van der Waals surface area contributed by atoms with Gasteiger partial charge in [-0.15, -0.1) is 0 Å². The Labute approximate surface area is 138 Å². The average molecular weight is 308 g/mol. The summed E-state index contributed by atoms with van der Waals surface area (Å²) < 4.78 is 126. The number of aryl methyl sites for hydroxylation is 1. The SMILES string of the molecule is [2H]c1c(C([2H])([2H])S(=O)(=O)NC([2H])([2H])[2H])c([2H])c2c(CC([2H])([2H])N(C)C([2H])([2H])[2H])c[nH]c2c1[2H]. The number of likely N-dealkylation sites (N-methyl/N-ethyl adjacent to an activating group) is 1. The maximum Gasteiger partial charge on any atom is 0.215 e. The zero-order valence-corrected chi connectivity index (χ0v) is 11.3. The molecule has 1 aromatic carbocycles. The molecule has 2 N–H and O–H groups in total. The van der Waals surface area contributed by atoms with Crippen molar-refractivity contribution in [2.24, 2.45) is 0 Å². The molecule has 0 amide bonds. The molecule has 5 nitrogen and oxygen atoms in total. The van der Waals surface area contributed by atoms with E-state index in [2.05, 4.69) is 4.98 Å². The van der Waals surface area contributed by atoms with Crippen molar-refractivity contribution in [1.82, 2.24) is 14.6 Å². The van der Waals surface area contributed by atoms with Gasteiger partial charge in [-0.05, 0) is 50.6 Å². The second-order valence-electron chi connectivity index (χ2n) is 3.92. The Hall–Kier alpha value is -1.37. The summed E-state index contributed by atoms with van der Waals surface area (Å²) in [7, 11) is -4.32. The molecule has 0 aliphatic heterocycles. The van der Waals surface area contributed by atoms with Gasteiger partial charge in [0.05, 0.1) is 9.82 Å². The lowest BCUT2D eigenvalue weighted by atomic mass is 10.1. The summed E-state index contributed by atoms with van der Waals surface area (Å²) in [4.78, 5) is 3.03. The molecule has 0 saturated heterocycles. The Kier molecular flexibility index (Phi) is 1.62. The molecule has 0 unspecified atom stereocenters. The minimum absolute atomic E-state index is 0.0668. The van der Waals surface area contributed by atoms with E-state index in [0.29, 0.717) is 4.90 Å². The van der Waals surface area contributed by atoms with E-state index >= 15 is 0 Å². The summed E-state index contributed by atoms with van der Waals surface area (Å²) >= 11 is 0. The zero-order valence-electron chi connectivity index (χ0n) is 23.5. The van der Waals surface area contributed by atoms with Gasteiger partial charge in [0.25, 0.3) is 0 Å². The van der Waals surface area contributed by atoms with Crippen molar-refractivity contribution in [3.63, 3.8) is 0 Å². The Morgan fingerprint density at radius 1 is 1.55 bits per heavy atom. The highest BCUT2D eigenvalue weighted by Gasteiger charge is 2.11. The van der Waals surface area contributed by atoms with Gasteiger partial charge in [-0.1, -0.05) is 6.04 Å². The van der Waals surface area contributed by atoms with E-state index in [1.165, 1.54) is 4.72 Å². The molecular weight excluding hydrogens is 274 g/mol. The van der Waals surface area contributed by atoms with Crippen molar-refractivity contribution >= 4 is 20.9 Å². The monoisotopic (exact) mass is 308 g/mol. The van der Waals surface area contributed by atoms with Crippen molar-refractivity contribution in [2.45, 2.75) is 12.1 Å². The number of fused-ring (bicyclic) bond motifs is 1. The Balaban J connectivity index is 2.77. The van der Waals surface area contributed by atoms with Gasteiger partial charge in [0.2, 0.25) is 10.0 Å². The highest BCUT2D eigenvalue weighted by atomic mass is 32.2. The van der Waals surface area contributed by atoms with Crippen LogP contribution in [0.2, 0.25) is 0 Å². The predicted molar refractivity (Wildman–Crippen MR) is 82.2 cm³/mol. The number of rotatable bonds is 6. The second-order valence-corrected chi connectivity index (χ2v) is 5.33. The van der Waals surface area contributed by atoms with Crippen molar-refractivity contribution < 1.29 is 26.2 Å². The van der Waals surface area contributed by atoms with E-state index in [1.54, 1.807) is 0 Å². The number of benzene rings is 1. The molecule has 0 radical (unpaired) electrons. The van der Waals surface area contributed by atoms with Crippen LogP contribution in [0.4, 0.5) is 0 Å². The van der Waals surface area contributed by atoms with Crippen LogP contribution in [0.15, 0.2) is 24.3 Å². The van der Waals surface area contributed by atoms with Gasteiger partial charge in [-0.2, -0.15) is 0 Å². The molecule has 6 heteroatoms. The first kappa shape index (κ1) is 5.44. The van der Waals surface area contributed by atoms with Crippen molar-refractivity contribution in [1.29, 1.82) is 0 Å². The number of hydrogen-bond acceptors (Lipinski definition) is 3. The standard InChI is InChI=1S/C14H21N3O2S/c1-15-20(18,19)10-11-4-5-14-13(8-11)12(9-16-14)6-7-17(2)3/h4-5,8-9,15-16H,6-7,10H2,1-3H3/i1D3,2D3,4D,5D,7D2,8D,10D2. The lowest BCUT2D eigenvalue weighted by Gasteiger charge is -2.08.